The molecule has 0 spiro atoms. The number of carbonyl (C=O) groups excluding carboxylic acids is 4. The Hall–Kier alpha value is -0.541. The molecule has 14 heteroatoms. The maximum atomic E-state index is 12.2. The molecule has 290 valence electrons. The average Bonchev–Trinajstić information content (AvgIpc) is 3.02. The van der Waals surface area contributed by atoms with Crippen LogP contribution in [0, 0.1) is 17.3 Å². The molecule has 0 bridgehead atoms. The summed E-state index contributed by atoms with van der Waals surface area (Å²) in [7, 11) is -4.76. The second-order valence-corrected chi connectivity index (χ2v) is 14.5. The summed E-state index contributed by atoms with van der Waals surface area (Å²) in [5, 5.41) is 7.28. The molecule has 3 unspecified atom stereocenters. The van der Waals surface area contributed by atoms with Gasteiger partial charge in [0, 0.05) is 0 Å². The van der Waals surface area contributed by atoms with Crippen LogP contribution in [-0.2, 0) is 43.6 Å². The number of hydrogen-bond acceptors (Lipinski definition) is 9. The van der Waals surface area contributed by atoms with Crippen LogP contribution in [0.15, 0.2) is 0 Å². The summed E-state index contributed by atoms with van der Waals surface area (Å²) in [4.78, 5) is 58.7. The Morgan fingerprint density at radius 2 is 1.06 bits per heavy atom. The van der Waals surface area contributed by atoms with Gasteiger partial charge in [-0.25, -0.2) is 0 Å². The van der Waals surface area contributed by atoms with Crippen molar-refractivity contribution in [2.75, 3.05) is 13.2 Å². The Bertz CT molecular complexity index is 1020. The van der Waals surface area contributed by atoms with Gasteiger partial charge in [0.2, 0.25) is 0 Å². The first-order chi connectivity index (χ1) is 22.6. The third kappa shape index (κ3) is 24.7. The van der Waals surface area contributed by atoms with Gasteiger partial charge in [-0.15, -0.1) is 0 Å². The van der Waals surface area contributed by atoms with Crippen molar-refractivity contribution >= 4 is 93.1 Å². The van der Waals surface area contributed by atoms with Crippen LogP contribution in [0.25, 0.3) is 0 Å². The van der Waals surface area contributed by atoms with Crippen molar-refractivity contribution in [3.8, 4) is 0 Å². The zero-order valence-corrected chi connectivity index (χ0v) is 36.4. The maximum absolute atomic E-state index is 12.2. The van der Waals surface area contributed by atoms with Gasteiger partial charge in [0.25, 0.3) is 10.1 Å². The van der Waals surface area contributed by atoms with Gasteiger partial charge in [-0.05, 0) is 44.9 Å². The van der Waals surface area contributed by atoms with Crippen LogP contribution < -0.4 is 0 Å². The topological polar surface area (TPSA) is 178 Å². The summed E-state index contributed by atoms with van der Waals surface area (Å²) in [5.41, 5.74) is -1.82. The van der Waals surface area contributed by atoms with E-state index < -0.39 is 56.7 Å². The van der Waals surface area contributed by atoms with E-state index in [9.17, 15) is 42.0 Å². The molecule has 0 aliphatic rings. The molecule has 2 N–H and O–H groups in total. The Morgan fingerprint density at radius 3 is 1.42 bits per heavy atom. The quantitative estimate of drug-likeness (QED) is 0.0295. The summed E-state index contributed by atoms with van der Waals surface area (Å²) in [5.74, 6) is -4.02. The fourth-order valence-electron chi connectivity index (χ4n) is 5.35. The first-order valence-electron chi connectivity index (χ1n) is 18.1. The predicted octanol–water partition coefficient (Wildman–Crippen LogP) is 6.35. The van der Waals surface area contributed by atoms with Crippen LogP contribution in [0.3, 0.4) is 0 Å². The molecule has 0 amide bonds. The molecule has 0 aliphatic carbocycles. The van der Waals surface area contributed by atoms with Crippen LogP contribution in [0.2, 0.25) is 0 Å². The first kappa shape index (κ1) is 56.2. The number of esters is 2. The molecule has 0 aromatic heterocycles. The second-order valence-electron chi connectivity index (χ2n) is 12.9. The fourth-order valence-corrected chi connectivity index (χ4v) is 6.01. The van der Waals surface area contributed by atoms with Crippen LogP contribution >= 0.6 is 0 Å². The van der Waals surface area contributed by atoms with E-state index in [4.69, 9.17) is 9.47 Å². The summed E-state index contributed by atoms with van der Waals surface area (Å²) in [6.45, 7) is 12.9. The van der Waals surface area contributed by atoms with Crippen molar-refractivity contribution in [3.63, 3.8) is 0 Å². The van der Waals surface area contributed by atoms with Gasteiger partial charge < -0.3 is 14.6 Å². The van der Waals surface area contributed by atoms with E-state index in [1.165, 1.54) is 39.5 Å². The molecular formula is C36H69NaO11SSn. The minimum absolute atomic E-state index is 0. The molecule has 0 rings (SSSR count). The average molecular weight is 852 g/mol. The number of ketones is 2. The van der Waals surface area contributed by atoms with Gasteiger partial charge in [0.05, 0.1) is 19.6 Å². The van der Waals surface area contributed by atoms with E-state index in [0.29, 0.717) is 6.42 Å². The van der Waals surface area contributed by atoms with E-state index in [2.05, 4.69) is 20.8 Å². The van der Waals surface area contributed by atoms with Crippen LogP contribution in [-0.4, -0.2) is 119 Å². The summed E-state index contributed by atoms with van der Waals surface area (Å²) in [6.07, 6.45) is 15.5. The zero-order chi connectivity index (χ0) is 37.2. The van der Waals surface area contributed by atoms with Crippen LogP contribution in [0.5, 0.6) is 0 Å². The summed E-state index contributed by atoms with van der Waals surface area (Å²) >= 11 is 0. The van der Waals surface area contributed by atoms with Gasteiger partial charge in [-0.2, -0.15) is 8.42 Å². The Morgan fingerprint density at radius 1 is 0.660 bits per heavy atom. The Kier molecular flexibility index (Phi) is 37.2. The zero-order valence-electron chi connectivity index (χ0n) is 31.6. The number of Topliss-reactive ketones (excluding diaryl/α,β-unsaturated/α-hetero) is 2. The molecular weight excluding hydrogens is 782 g/mol. The number of carboxylic acids is 1. The van der Waals surface area contributed by atoms with E-state index in [1.54, 1.807) is 0 Å². The van der Waals surface area contributed by atoms with Crippen molar-refractivity contribution < 1.29 is 51.5 Å². The van der Waals surface area contributed by atoms with Crippen molar-refractivity contribution in [1.29, 1.82) is 0 Å². The standard InChI is InChI=1S/C20H38O7S.C16H28O4.Na.Sn.3H/c1-5-9-11-16(7-3)14-26-19(21)13-18(28(23,24)25)20(22)27-15-17(8-4)12-10-6-2;1-4-5-6-7-8-9-10-11-12-16(13(2)17,14(3)18)15(19)20;;;;;/h16-18H,5-15H2,1-4H3,(H,23,24,25);4-12H2,1-3H3,(H,19,20);;;;;. The number of rotatable bonds is 28. The number of aliphatic carboxylic acids is 1. The number of ether oxygens (including phenoxy) is 2. The number of carbonyl (C=O) groups is 5. The van der Waals surface area contributed by atoms with Gasteiger partial charge in [-0.3, -0.25) is 28.5 Å². The van der Waals surface area contributed by atoms with E-state index in [1.807, 2.05) is 13.8 Å². The molecule has 0 aliphatic heterocycles. The summed E-state index contributed by atoms with van der Waals surface area (Å²) < 4.78 is 42.8. The van der Waals surface area contributed by atoms with E-state index in [0.717, 1.165) is 70.6 Å². The van der Waals surface area contributed by atoms with Crippen molar-refractivity contribution in [3.05, 3.63) is 0 Å². The van der Waals surface area contributed by atoms with Crippen molar-refractivity contribution in [2.45, 2.75) is 169 Å². The SMILES string of the molecule is CCCCC(CC)COC(=O)CC(C(=O)OCC(CC)CCCC)S(=O)(=O)O.CCCCCCCCCCC(C(C)=O)(C(C)=O)C(=O)O.[NaH].[SnH2]. The van der Waals surface area contributed by atoms with Gasteiger partial charge in [0.15, 0.2) is 22.2 Å². The molecule has 0 aromatic carbocycles. The van der Waals surface area contributed by atoms with E-state index in [-0.39, 0.29) is 84.9 Å². The number of hydrogen-bond donors (Lipinski definition) is 2. The number of carboxylic acid groups (broad SMARTS) is 1. The molecule has 0 saturated heterocycles. The predicted molar refractivity (Wildman–Crippen MR) is 203 cm³/mol. The summed E-state index contributed by atoms with van der Waals surface area (Å²) in [6, 6.07) is 0. The molecule has 2 radical (unpaired) electrons. The molecule has 0 fully saturated rings. The molecule has 0 heterocycles. The molecule has 50 heavy (non-hydrogen) atoms. The van der Waals surface area contributed by atoms with Crippen LogP contribution in [0.1, 0.15) is 164 Å². The van der Waals surface area contributed by atoms with Gasteiger partial charge in [0.1, 0.15) is 0 Å². The van der Waals surface area contributed by atoms with Gasteiger partial charge >= 0.3 is 71.4 Å². The third-order valence-electron chi connectivity index (χ3n) is 8.97. The monoisotopic (exact) mass is 852 g/mol. The normalized spacial score (nSPS) is 12.9. The minimum atomic E-state index is -4.76. The van der Waals surface area contributed by atoms with Crippen molar-refractivity contribution in [1.82, 2.24) is 0 Å². The second kappa shape index (κ2) is 33.1. The van der Waals surface area contributed by atoms with E-state index >= 15 is 0 Å². The fraction of sp³-hybridized carbons (Fsp3) is 0.861. The third-order valence-corrected chi connectivity index (χ3v) is 10.1. The van der Waals surface area contributed by atoms with Gasteiger partial charge in [-0.1, -0.05) is 125 Å². The first-order valence-corrected chi connectivity index (χ1v) is 19.6. The Labute approximate surface area is 341 Å². The molecule has 0 aromatic rings. The van der Waals surface area contributed by atoms with Crippen LogP contribution in [0.4, 0.5) is 0 Å². The Balaban J connectivity index is -0.000000428. The molecule has 3 atom stereocenters. The van der Waals surface area contributed by atoms with Crippen molar-refractivity contribution in [2.24, 2.45) is 17.3 Å². The number of unbranched alkanes of at least 4 members (excludes halogenated alkanes) is 9. The molecule has 11 nitrogen and oxygen atoms in total. The molecule has 0 saturated carbocycles.